The highest BCUT2D eigenvalue weighted by molar-refractivity contribution is 5.90. The zero-order chi connectivity index (χ0) is 15.8. The molecule has 0 aliphatic carbocycles. The van der Waals surface area contributed by atoms with Crippen LogP contribution in [-0.2, 0) is 11.3 Å². The zero-order valence-corrected chi connectivity index (χ0v) is 12.1. The molecule has 22 heavy (non-hydrogen) atoms. The van der Waals surface area contributed by atoms with Crippen molar-refractivity contribution in [2.24, 2.45) is 0 Å². The average molecular weight is 306 g/mol. The molecule has 2 aromatic rings. The van der Waals surface area contributed by atoms with E-state index < -0.39 is 6.03 Å². The molecule has 1 aromatic carbocycles. The Labute approximate surface area is 127 Å². The molecule has 0 unspecified atom stereocenters. The summed E-state index contributed by atoms with van der Waals surface area (Å²) < 4.78 is 10.5. The fourth-order valence-electron chi connectivity index (χ4n) is 1.65. The predicted octanol–water partition coefficient (Wildman–Crippen LogP) is 0.734. The second-order valence-corrected chi connectivity index (χ2v) is 4.29. The number of hydrogen-bond donors (Lipinski definition) is 4. The van der Waals surface area contributed by atoms with Crippen LogP contribution in [0.15, 0.2) is 24.3 Å². The first kappa shape index (κ1) is 15.6. The van der Waals surface area contributed by atoms with Crippen molar-refractivity contribution in [1.82, 2.24) is 20.5 Å². The Morgan fingerprint density at radius 2 is 2.18 bits per heavy atom. The number of carbonyl (C=O) groups is 1. The number of anilines is 2. The monoisotopic (exact) mass is 306 g/mol. The van der Waals surface area contributed by atoms with Gasteiger partial charge < -0.3 is 25.8 Å². The number of nitrogens with zero attached hydrogens (tertiary/aromatic N) is 2. The molecule has 0 atom stereocenters. The summed E-state index contributed by atoms with van der Waals surface area (Å²) >= 11 is 0. The Morgan fingerprint density at radius 3 is 2.91 bits per heavy atom. The van der Waals surface area contributed by atoms with E-state index in [0.717, 1.165) is 0 Å². The quantitative estimate of drug-likeness (QED) is 0.559. The van der Waals surface area contributed by atoms with Crippen LogP contribution in [0.3, 0.4) is 0 Å². The fraction of sp³-hybridized carbons (Fsp3) is 0.308. The first-order chi connectivity index (χ1) is 10.7. The first-order valence-corrected chi connectivity index (χ1v) is 6.61. The molecule has 2 rings (SSSR count). The number of urea groups is 1. The zero-order valence-electron chi connectivity index (χ0n) is 12.1. The number of hydrogen-bond acceptors (Lipinski definition) is 6. The second-order valence-electron chi connectivity index (χ2n) is 4.29. The van der Waals surface area contributed by atoms with E-state index in [0.29, 0.717) is 30.5 Å². The third kappa shape index (κ3) is 4.63. The summed E-state index contributed by atoms with van der Waals surface area (Å²) in [5, 5.41) is 11.6. The maximum Gasteiger partial charge on any atom is 0.319 e. The molecular weight excluding hydrogens is 288 g/mol. The lowest BCUT2D eigenvalue weighted by Gasteiger charge is -2.12. The molecule has 0 spiro atoms. The summed E-state index contributed by atoms with van der Waals surface area (Å²) in [7, 11) is 1.59. The molecule has 0 aliphatic heterocycles. The Morgan fingerprint density at radius 1 is 1.36 bits per heavy atom. The van der Waals surface area contributed by atoms with Crippen molar-refractivity contribution in [2.75, 3.05) is 31.4 Å². The topological polar surface area (TPSA) is 127 Å². The van der Waals surface area contributed by atoms with E-state index in [2.05, 4.69) is 25.8 Å². The molecule has 2 amide bonds. The highest BCUT2D eigenvalue weighted by atomic mass is 16.5. The number of nitrogens with two attached hydrogens (primary N) is 1. The molecule has 0 saturated heterocycles. The average Bonchev–Trinajstić information content (AvgIpc) is 2.93. The van der Waals surface area contributed by atoms with Crippen LogP contribution in [0, 0.1) is 0 Å². The number of para-hydroxylation sites is 2. The first-order valence-electron chi connectivity index (χ1n) is 6.61. The summed E-state index contributed by atoms with van der Waals surface area (Å²) in [4.78, 5) is 15.8. The molecule has 0 bridgehead atoms. The van der Waals surface area contributed by atoms with E-state index in [9.17, 15) is 4.79 Å². The summed E-state index contributed by atoms with van der Waals surface area (Å²) in [5.74, 6) is 1.17. The van der Waals surface area contributed by atoms with E-state index >= 15 is 0 Å². The minimum Gasteiger partial charge on any atom is -0.489 e. The van der Waals surface area contributed by atoms with Crippen LogP contribution in [0.25, 0.3) is 0 Å². The number of nitrogen functional groups attached to an aromatic ring is 1. The molecule has 1 heterocycles. The van der Waals surface area contributed by atoms with Gasteiger partial charge in [0.2, 0.25) is 5.95 Å². The van der Waals surface area contributed by atoms with Gasteiger partial charge in [-0.1, -0.05) is 12.1 Å². The second kappa shape index (κ2) is 7.84. The Kier molecular flexibility index (Phi) is 5.55. The van der Waals surface area contributed by atoms with Gasteiger partial charge in [-0.2, -0.15) is 4.98 Å². The molecular formula is C13H18N6O3. The number of nitrogens with one attached hydrogen (secondary N) is 3. The number of rotatable bonds is 7. The minimum absolute atomic E-state index is 0.133. The standard InChI is InChI=1S/C13H18N6O3/c1-21-6-7-22-10-5-3-2-4-9(10)16-13(20)15-8-11-17-12(14)19-18-11/h2-5H,6-8H2,1H3,(H2,15,16,20)(H3,14,17,18,19). The van der Waals surface area contributed by atoms with Gasteiger partial charge in [-0.15, -0.1) is 5.10 Å². The Balaban J connectivity index is 1.87. The van der Waals surface area contributed by atoms with E-state index in [1.807, 2.05) is 6.07 Å². The number of aromatic amines is 1. The largest absolute Gasteiger partial charge is 0.489 e. The number of methoxy groups -OCH3 is 1. The lowest BCUT2D eigenvalue weighted by atomic mass is 10.3. The fourth-order valence-corrected chi connectivity index (χ4v) is 1.65. The summed E-state index contributed by atoms with van der Waals surface area (Å²) in [6.07, 6.45) is 0. The lowest BCUT2D eigenvalue weighted by Crippen LogP contribution is -2.28. The molecule has 1 aromatic heterocycles. The van der Waals surface area contributed by atoms with Crippen LogP contribution in [-0.4, -0.2) is 41.5 Å². The van der Waals surface area contributed by atoms with Crippen molar-refractivity contribution in [3.05, 3.63) is 30.1 Å². The van der Waals surface area contributed by atoms with Gasteiger partial charge in [0.1, 0.15) is 18.2 Å². The lowest BCUT2D eigenvalue weighted by molar-refractivity contribution is 0.146. The summed E-state index contributed by atoms with van der Waals surface area (Å²) in [5.41, 5.74) is 5.94. The Bertz CT molecular complexity index is 615. The van der Waals surface area contributed by atoms with Crippen molar-refractivity contribution in [3.63, 3.8) is 0 Å². The number of ether oxygens (including phenoxy) is 2. The van der Waals surface area contributed by atoms with Crippen molar-refractivity contribution < 1.29 is 14.3 Å². The van der Waals surface area contributed by atoms with Crippen LogP contribution >= 0.6 is 0 Å². The molecule has 9 nitrogen and oxygen atoms in total. The van der Waals surface area contributed by atoms with E-state index in [-0.39, 0.29) is 12.5 Å². The number of H-pyrrole nitrogens is 1. The third-order valence-electron chi connectivity index (χ3n) is 2.65. The SMILES string of the molecule is COCCOc1ccccc1NC(=O)NCc1nc(N)n[nH]1. The van der Waals surface area contributed by atoms with Crippen molar-refractivity contribution in [2.45, 2.75) is 6.54 Å². The number of amides is 2. The van der Waals surface area contributed by atoms with Gasteiger partial charge in [-0.3, -0.25) is 5.10 Å². The maximum atomic E-state index is 11.9. The van der Waals surface area contributed by atoms with E-state index in [1.54, 1.807) is 25.3 Å². The molecule has 5 N–H and O–H groups in total. The molecule has 0 aliphatic rings. The van der Waals surface area contributed by atoms with E-state index in [1.165, 1.54) is 0 Å². The third-order valence-corrected chi connectivity index (χ3v) is 2.65. The minimum atomic E-state index is -0.391. The maximum absolute atomic E-state index is 11.9. The summed E-state index contributed by atoms with van der Waals surface area (Å²) in [6.45, 7) is 1.05. The highest BCUT2D eigenvalue weighted by Gasteiger charge is 2.08. The van der Waals surface area contributed by atoms with Gasteiger partial charge in [-0.25, -0.2) is 4.79 Å². The molecule has 118 valence electrons. The van der Waals surface area contributed by atoms with Crippen LogP contribution < -0.4 is 21.1 Å². The van der Waals surface area contributed by atoms with Crippen LogP contribution in [0.5, 0.6) is 5.75 Å². The van der Waals surface area contributed by atoms with Crippen LogP contribution in [0.2, 0.25) is 0 Å². The van der Waals surface area contributed by atoms with Gasteiger partial charge in [-0.05, 0) is 12.1 Å². The molecule has 0 radical (unpaired) electrons. The van der Waals surface area contributed by atoms with Gasteiger partial charge in [0.15, 0.2) is 0 Å². The van der Waals surface area contributed by atoms with Gasteiger partial charge in [0.25, 0.3) is 0 Å². The normalized spacial score (nSPS) is 10.2. The molecule has 0 fully saturated rings. The number of benzene rings is 1. The molecule has 0 saturated carbocycles. The number of aromatic nitrogens is 3. The smallest absolute Gasteiger partial charge is 0.319 e. The van der Waals surface area contributed by atoms with Gasteiger partial charge in [0.05, 0.1) is 18.8 Å². The number of carbonyl (C=O) groups excluding carboxylic acids is 1. The predicted molar refractivity (Wildman–Crippen MR) is 80.5 cm³/mol. The van der Waals surface area contributed by atoms with Crippen LogP contribution in [0.4, 0.5) is 16.4 Å². The van der Waals surface area contributed by atoms with Gasteiger partial charge in [0, 0.05) is 7.11 Å². The summed E-state index contributed by atoms with van der Waals surface area (Å²) in [6, 6.07) is 6.74. The van der Waals surface area contributed by atoms with Crippen molar-refractivity contribution >= 4 is 17.7 Å². The highest BCUT2D eigenvalue weighted by Crippen LogP contribution is 2.23. The van der Waals surface area contributed by atoms with E-state index in [4.69, 9.17) is 15.2 Å². The van der Waals surface area contributed by atoms with Crippen LogP contribution in [0.1, 0.15) is 5.82 Å². The van der Waals surface area contributed by atoms with Crippen molar-refractivity contribution in [1.29, 1.82) is 0 Å². The molecule has 9 heteroatoms. The van der Waals surface area contributed by atoms with Crippen molar-refractivity contribution in [3.8, 4) is 5.75 Å². The Hall–Kier alpha value is -2.81. The van der Waals surface area contributed by atoms with Gasteiger partial charge >= 0.3 is 6.03 Å².